The Bertz CT molecular complexity index is 568. The number of carbonyl (C=O) groups excluding carboxylic acids is 2. The van der Waals surface area contributed by atoms with E-state index in [9.17, 15) is 9.59 Å². The van der Waals surface area contributed by atoms with Crippen molar-refractivity contribution in [2.45, 2.75) is 26.4 Å². The van der Waals surface area contributed by atoms with Crippen LogP contribution in [0.15, 0.2) is 24.3 Å². The van der Waals surface area contributed by atoms with Crippen molar-refractivity contribution in [2.24, 2.45) is 5.92 Å². The van der Waals surface area contributed by atoms with E-state index in [0.717, 1.165) is 32.8 Å². The minimum atomic E-state index is -0.675. The largest absolute Gasteiger partial charge is 0.467 e. The Labute approximate surface area is 148 Å². The van der Waals surface area contributed by atoms with E-state index in [1.54, 1.807) is 0 Å². The molecule has 1 atom stereocenters. The molecule has 2 N–H and O–H groups in total. The monoisotopic (exact) mass is 349 g/mol. The summed E-state index contributed by atoms with van der Waals surface area (Å²) in [5.74, 6) is -0.514. The first-order valence-electron chi connectivity index (χ1n) is 8.54. The first-order valence-corrected chi connectivity index (χ1v) is 8.54. The number of hydrogen-bond donors (Lipinski definition) is 2. The van der Waals surface area contributed by atoms with Crippen LogP contribution in [-0.2, 0) is 20.8 Å². The lowest BCUT2D eigenvalue weighted by atomic mass is 10.1. The number of urea groups is 1. The second kappa shape index (κ2) is 9.39. The number of hydrogen-bond acceptors (Lipinski definition) is 5. The molecule has 0 saturated carbocycles. The van der Waals surface area contributed by atoms with Gasteiger partial charge >= 0.3 is 12.0 Å². The molecule has 1 unspecified atom stereocenters. The lowest BCUT2D eigenvalue weighted by Gasteiger charge is -2.26. The zero-order valence-electron chi connectivity index (χ0n) is 15.1. The summed E-state index contributed by atoms with van der Waals surface area (Å²) in [5.41, 5.74) is 1.86. The van der Waals surface area contributed by atoms with Crippen LogP contribution in [0, 0.1) is 5.92 Å². The number of nitrogens with one attached hydrogen (secondary N) is 2. The number of morpholine rings is 1. The highest BCUT2D eigenvalue weighted by molar-refractivity contribution is 5.92. The molecule has 138 valence electrons. The third kappa shape index (κ3) is 6.03. The maximum atomic E-state index is 12.1. The molecule has 7 heteroatoms. The van der Waals surface area contributed by atoms with E-state index in [1.807, 2.05) is 38.1 Å². The van der Waals surface area contributed by atoms with Gasteiger partial charge in [-0.25, -0.2) is 9.59 Å². The number of esters is 1. The van der Waals surface area contributed by atoms with Gasteiger partial charge in [-0.15, -0.1) is 0 Å². The maximum absolute atomic E-state index is 12.1. The van der Waals surface area contributed by atoms with Gasteiger partial charge in [-0.05, 0) is 23.6 Å². The predicted molar refractivity (Wildman–Crippen MR) is 95.3 cm³/mol. The molecule has 0 aromatic heterocycles. The van der Waals surface area contributed by atoms with Crippen molar-refractivity contribution < 1.29 is 19.1 Å². The smallest absolute Gasteiger partial charge is 0.328 e. The van der Waals surface area contributed by atoms with E-state index in [2.05, 4.69) is 15.5 Å². The fourth-order valence-electron chi connectivity index (χ4n) is 2.64. The summed E-state index contributed by atoms with van der Waals surface area (Å²) in [6, 6.07) is 6.60. The fourth-order valence-corrected chi connectivity index (χ4v) is 2.64. The quantitative estimate of drug-likeness (QED) is 0.766. The highest BCUT2D eigenvalue weighted by atomic mass is 16.5. The average Bonchev–Trinajstić information content (AvgIpc) is 2.61. The number of methoxy groups -OCH3 is 1. The lowest BCUT2D eigenvalue weighted by Crippen LogP contribution is -2.46. The van der Waals surface area contributed by atoms with Crippen LogP contribution in [0.4, 0.5) is 10.5 Å². The molecule has 25 heavy (non-hydrogen) atoms. The summed E-state index contributed by atoms with van der Waals surface area (Å²) in [6.45, 7) is 7.99. The molecule has 0 spiro atoms. The zero-order valence-corrected chi connectivity index (χ0v) is 15.1. The van der Waals surface area contributed by atoms with Gasteiger partial charge in [0.05, 0.1) is 20.3 Å². The third-order valence-electron chi connectivity index (χ3n) is 4.13. The van der Waals surface area contributed by atoms with Gasteiger partial charge in [0.1, 0.15) is 6.04 Å². The summed E-state index contributed by atoms with van der Waals surface area (Å²) in [6.07, 6.45) is 0. The number of nitrogens with zero attached hydrogens (tertiary/aromatic N) is 1. The Morgan fingerprint density at radius 3 is 2.40 bits per heavy atom. The van der Waals surface area contributed by atoms with E-state index in [0.29, 0.717) is 5.69 Å². The van der Waals surface area contributed by atoms with Crippen molar-refractivity contribution in [3.63, 3.8) is 0 Å². The molecule has 0 bridgehead atoms. The van der Waals surface area contributed by atoms with Crippen molar-refractivity contribution in [1.29, 1.82) is 0 Å². The molecule has 1 saturated heterocycles. The Kier molecular flexibility index (Phi) is 7.21. The number of anilines is 1. The van der Waals surface area contributed by atoms with Gasteiger partial charge in [0, 0.05) is 25.3 Å². The molecule has 7 nitrogen and oxygen atoms in total. The molecule has 1 heterocycles. The van der Waals surface area contributed by atoms with E-state index in [1.165, 1.54) is 12.7 Å². The molecule has 0 radical (unpaired) electrons. The minimum absolute atomic E-state index is 0.0610. The van der Waals surface area contributed by atoms with E-state index >= 15 is 0 Å². The van der Waals surface area contributed by atoms with Gasteiger partial charge in [0.25, 0.3) is 0 Å². The van der Waals surface area contributed by atoms with Crippen molar-refractivity contribution >= 4 is 17.7 Å². The van der Waals surface area contributed by atoms with Gasteiger partial charge < -0.3 is 20.1 Å². The number of rotatable bonds is 6. The number of ether oxygens (including phenoxy) is 2. The Morgan fingerprint density at radius 1 is 1.20 bits per heavy atom. The number of amides is 2. The highest BCUT2D eigenvalue weighted by Crippen LogP contribution is 2.13. The summed E-state index contributed by atoms with van der Waals surface area (Å²) in [5, 5.41) is 5.39. The SMILES string of the molecule is COC(=O)C(NC(=O)Nc1ccc(CN2CCOCC2)cc1)C(C)C. The summed E-state index contributed by atoms with van der Waals surface area (Å²) < 4.78 is 10.1. The van der Waals surface area contributed by atoms with Crippen molar-refractivity contribution in [3.8, 4) is 0 Å². The Hall–Kier alpha value is -2.12. The van der Waals surface area contributed by atoms with Crippen LogP contribution in [0.25, 0.3) is 0 Å². The standard InChI is InChI=1S/C18H27N3O4/c1-13(2)16(17(22)24-3)20-18(23)19-15-6-4-14(5-7-15)12-21-8-10-25-11-9-21/h4-7,13,16H,8-12H2,1-3H3,(H2,19,20,23). The summed E-state index contributed by atoms with van der Waals surface area (Å²) >= 11 is 0. The second-order valence-electron chi connectivity index (χ2n) is 6.43. The normalized spacial score (nSPS) is 16.3. The van der Waals surface area contributed by atoms with Crippen LogP contribution in [0.3, 0.4) is 0 Å². The van der Waals surface area contributed by atoms with E-state index in [-0.39, 0.29) is 5.92 Å². The molecule has 0 aliphatic carbocycles. The van der Waals surface area contributed by atoms with Crippen molar-refractivity contribution in [2.75, 3.05) is 38.7 Å². The highest BCUT2D eigenvalue weighted by Gasteiger charge is 2.24. The van der Waals surface area contributed by atoms with E-state index < -0.39 is 18.0 Å². The summed E-state index contributed by atoms with van der Waals surface area (Å²) in [7, 11) is 1.31. The number of benzene rings is 1. The van der Waals surface area contributed by atoms with Gasteiger partial charge in [0.15, 0.2) is 0 Å². The van der Waals surface area contributed by atoms with Crippen molar-refractivity contribution in [3.05, 3.63) is 29.8 Å². The van der Waals surface area contributed by atoms with Crippen LogP contribution >= 0.6 is 0 Å². The predicted octanol–water partition coefficient (Wildman–Crippen LogP) is 1.84. The molecule has 1 fully saturated rings. The van der Waals surface area contributed by atoms with E-state index in [4.69, 9.17) is 9.47 Å². The second-order valence-corrected chi connectivity index (χ2v) is 6.43. The average molecular weight is 349 g/mol. The Morgan fingerprint density at radius 2 is 1.84 bits per heavy atom. The van der Waals surface area contributed by atoms with Gasteiger partial charge in [-0.1, -0.05) is 26.0 Å². The Balaban J connectivity index is 1.87. The fraction of sp³-hybridized carbons (Fsp3) is 0.556. The first-order chi connectivity index (χ1) is 12.0. The van der Waals surface area contributed by atoms with Gasteiger partial charge in [0.2, 0.25) is 0 Å². The zero-order chi connectivity index (χ0) is 18.2. The molecule has 2 rings (SSSR count). The minimum Gasteiger partial charge on any atom is -0.467 e. The molecule has 2 amide bonds. The first kappa shape index (κ1) is 19.2. The van der Waals surface area contributed by atoms with Gasteiger partial charge in [-0.2, -0.15) is 0 Å². The molecular weight excluding hydrogens is 322 g/mol. The van der Waals surface area contributed by atoms with Crippen LogP contribution in [-0.4, -0.2) is 56.4 Å². The maximum Gasteiger partial charge on any atom is 0.328 e. The van der Waals surface area contributed by atoms with Crippen molar-refractivity contribution in [1.82, 2.24) is 10.2 Å². The molecular formula is C18H27N3O4. The molecule has 1 aliphatic rings. The van der Waals surface area contributed by atoms with Gasteiger partial charge in [-0.3, -0.25) is 4.90 Å². The van der Waals surface area contributed by atoms with Crippen LogP contribution in [0.2, 0.25) is 0 Å². The lowest BCUT2D eigenvalue weighted by molar-refractivity contribution is -0.143. The molecule has 1 aromatic rings. The van der Waals surface area contributed by atoms with Crippen LogP contribution in [0.5, 0.6) is 0 Å². The van der Waals surface area contributed by atoms with Crippen LogP contribution < -0.4 is 10.6 Å². The third-order valence-corrected chi connectivity index (χ3v) is 4.13. The number of carbonyl (C=O) groups is 2. The van der Waals surface area contributed by atoms with Crippen LogP contribution in [0.1, 0.15) is 19.4 Å². The topological polar surface area (TPSA) is 79.9 Å². The molecule has 1 aliphatic heterocycles. The summed E-state index contributed by atoms with van der Waals surface area (Å²) in [4.78, 5) is 26.1. The molecule has 1 aromatic carbocycles.